The lowest BCUT2D eigenvalue weighted by molar-refractivity contribution is -0.120. The van der Waals surface area contributed by atoms with Gasteiger partial charge in [-0.05, 0) is 18.2 Å². The first-order chi connectivity index (χ1) is 8.61. The van der Waals surface area contributed by atoms with Gasteiger partial charge in [0, 0.05) is 11.7 Å². The van der Waals surface area contributed by atoms with Crippen LogP contribution in [-0.2, 0) is 9.53 Å². The van der Waals surface area contributed by atoms with Crippen LogP contribution >= 0.6 is 11.6 Å². The highest BCUT2D eigenvalue weighted by Crippen LogP contribution is 2.21. The van der Waals surface area contributed by atoms with Crippen molar-refractivity contribution in [1.82, 2.24) is 0 Å². The van der Waals surface area contributed by atoms with Gasteiger partial charge in [-0.2, -0.15) is 5.26 Å². The molecule has 1 amide bonds. The monoisotopic (exact) mass is 265 g/mol. The summed E-state index contributed by atoms with van der Waals surface area (Å²) in [6.07, 6.45) is 0. The average molecular weight is 266 g/mol. The van der Waals surface area contributed by atoms with E-state index in [-0.39, 0.29) is 17.9 Å². The minimum atomic E-state index is -0.348. The van der Waals surface area contributed by atoms with E-state index in [4.69, 9.17) is 27.3 Å². The lowest BCUT2D eigenvalue weighted by atomic mass is 10.0. The molecule has 3 N–H and O–H groups in total. The van der Waals surface area contributed by atoms with E-state index in [9.17, 15) is 4.79 Å². The van der Waals surface area contributed by atoms with Gasteiger partial charge in [0.25, 0.3) is 0 Å². The molecule has 1 aromatic rings. The molecular weight excluding hydrogens is 254 g/mol. The Morgan fingerprint density at radius 2 is 2.33 bits per heavy atom. The fraction of sp³-hybridized carbons (Fsp3) is 0.333. The molecule has 1 fully saturated rings. The van der Waals surface area contributed by atoms with Gasteiger partial charge in [-0.25, -0.2) is 0 Å². The lowest BCUT2D eigenvalue weighted by Crippen LogP contribution is -2.37. The molecule has 1 saturated heterocycles. The normalized spacial score (nSPS) is 22.5. The van der Waals surface area contributed by atoms with Crippen LogP contribution in [0.2, 0.25) is 5.02 Å². The molecule has 0 radical (unpaired) electrons. The minimum Gasteiger partial charge on any atom is -0.379 e. The zero-order valence-corrected chi connectivity index (χ0v) is 10.3. The van der Waals surface area contributed by atoms with E-state index in [1.807, 2.05) is 6.07 Å². The van der Waals surface area contributed by atoms with E-state index in [1.165, 1.54) is 0 Å². The average Bonchev–Trinajstić information content (AvgIpc) is 2.76. The predicted molar refractivity (Wildman–Crippen MR) is 67.1 cm³/mol. The number of hydrogen-bond acceptors (Lipinski definition) is 4. The van der Waals surface area contributed by atoms with E-state index in [0.29, 0.717) is 29.5 Å². The van der Waals surface area contributed by atoms with E-state index >= 15 is 0 Å². The molecule has 0 bridgehead atoms. The van der Waals surface area contributed by atoms with Crippen molar-refractivity contribution in [3.05, 3.63) is 28.8 Å². The highest BCUT2D eigenvalue weighted by molar-refractivity contribution is 6.32. The molecular formula is C12H12ClN3O2. The number of anilines is 1. The second kappa shape index (κ2) is 5.36. The van der Waals surface area contributed by atoms with Crippen LogP contribution in [-0.4, -0.2) is 25.2 Å². The third kappa shape index (κ3) is 2.62. The topological polar surface area (TPSA) is 88.1 Å². The van der Waals surface area contributed by atoms with Crippen LogP contribution < -0.4 is 11.1 Å². The number of halogens is 1. The maximum atomic E-state index is 11.9. The van der Waals surface area contributed by atoms with Crippen LogP contribution in [0.25, 0.3) is 0 Å². The number of carbonyl (C=O) groups is 1. The molecule has 18 heavy (non-hydrogen) atoms. The van der Waals surface area contributed by atoms with Gasteiger partial charge in [0.05, 0.1) is 29.7 Å². The second-order valence-corrected chi connectivity index (χ2v) is 4.51. The zero-order valence-electron chi connectivity index (χ0n) is 9.52. The molecule has 1 aliphatic heterocycles. The van der Waals surface area contributed by atoms with Crippen molar-refractivity contribution in [2.75, 3.05) is 18.5 Å². The largest absolute Gasteiger partial charge is 0.379 e. The lowest BCUT2D eigenvalue weighted by Gasteiger charge is -2.13. The molecule has 6 heteroatoms. The number of carbonyl (C=O) groups excluding carboxylic acids is 1. The number of nitriles is 1. The summed E-state index contributed by atoms with van der Waals surface area (Å²) in [6.45, 7) is 0.725. The molecule has 0 aliphatic carbocycles. The van der Waals surface area contributed by atoms with Crippen LogP contribution in [0.5, 0.6) is 0 Å². The number of rotatable bonds is 2. The fourth-order valence-corrected chi connectivity index (χ4v) is 1.98. The summed E-state index contributed by atoms with van der Waals surface area (Å²) < 4.78 is 5.13. The summed E-state index contributed by atoms with van der Waals surface area (Å²) in [5.41, 5.74) is 6.67. The molecule has 1 aromatic carbocycles. The quantitative estimate of drug-likeness (QED) is 0.839. The van der Waals surface area contributed by atoms with Crippen LogP contribution in [0.3, 0.4) is 0 Å². The predicted octanol–water partition coefficient (Wildman–Crippen LogP) is 1.12. The Morgan fingerprint density at radius 3 is 2.89 bits per heavy atom. The van der Waals surface area contributed by atoms with Gasteiger partial charge in [-0.1, -0.05) is 11.6 Å². The van der Waals surface area contributed by atoms with Crippen molar-refractivity contribution >= 4 is 23.2 Å². The molecule has 5 nitrogen and oxygen atoms in total. The summed E-state index contributed by atoms with van der Waals surface area (Å²) in [7, 11) is 0. The summed E-state index contributed by atoms with van der Waals surface area (Å²) in [6, 6.07) is 6.40. The van der Waals surface area contributed by atoms with Gasteiger partial charge in [-0.15, -0.1) is 0 Å². The molecule has 1 aliphatic rings. The smallest absolute Gasteiger partial charge is 0.231 e. The van der Waals surface area contributed by atoms with E-state index in [1.54, 1.807) is 18.2 Å². The molecule has 0 saturated carbocycles. The van der Waals surface area contributed by atoms with Crippen molar-refractivity contribution < 1.29 is 9.53 Å². The van der Waals surface area contributed by atoms with Gasteiger partial charge in [0.1, 0.15) is 6.07 Å². The fourth-order valence-electron chi connectivity index (χ4n) is 1.76. The highest BCUT2D eigenvalue weighted by Gasteiger charge is 2.31. The maximum Gasteiger partial charge on any atom is 0.231 e. The van der Waals surface area contributed by atoms with Crippen LogP contribution in [0.1, 0.15) is 5.56 Å². The number of nitrogens with zero attached hydrogens (tertiary/aromatic N) is 1. The summed E-state index contributed by atoms with van der Waals surface area (Å²) in [5, 5.41) is 11.8. The summed E-state index contributed by atoms with van der Waals surface area (Å²) in [4.78, 5) is 11.9. The Hall–Kier alpha value is -1.61. The molecule has 94 valence electrons. The molecule has 2 rings (SSSR count). The van der Waals surface area contributed by atoms with E-state index < -0.39 is 0 Å². The van der Waals surface area contributed by atoms with Crippen molar-refractivity contribution in [3.63, 3.8) is 0 Å². The van der Waals surface area contributed by atoms with E-state index in [2.05, 4.69) is 5.32 Å². The number of nitrogens with two attached hydrogens (primary N) is 1. The van der Waals surface area contributed by atoms with Crippen molar-refractivity contribution in [2.24, 2.45) is 11.7 Å². The summed E-state index contributed by atoms with van der Waals surface area (Å²) in [5.74, 6) is -0.541. The minimum absolute atomic E-state index is 0.194. The molecule has 0 aromatic heterocycles. The highest BCUT2D eigenvalue weighted by atomic mass is 35.5. The number of ether oxygens (including phenoxy) is 1. The van der Waals surface area contributed by atoms with Crippen molar-refractivity contribution in [2.45, 2.75) is 6.04 Å². The van der Waals surface area contributed by atoms with Crippen molar-refractivity contribution in [3.8, 4) is 6.07 Å². The first-order valence-electron chi connectivity index (χ1n) is 5.45. The van der Waals surface area contributed by atoms with Gasteiger partial charge in [0.2, 0.25) is 5.91 Å². The Kier molecular flexibility index (Phi) is 3.82. The molecule has 0 spiro atoms. The maximum absolute atomic E-state index is 11.9. The van der Waals surface area contributed by atoms with Gasteiger partial charge >= 0.3 is 0 Å². The van der Waals surface area contributed by atoms with Crippen molar-refractivity contribution in [1.29, 1.82) is 5.26 Å². The third-order valence-corrected chi connectivity index (χ3v) is 3.13. The molecule has 2 atom stereocenters. The van der Waals surface area contributed by atoms with Crippen LogP contribution in [0.4, 0.5) is 5.69 Å². The number of hydrogen-bond donors (Lipinski definition) is 2. The van der Waals surface area contributed by atoms with Crippen LogP contribution in [0.15, 0.2) is 18.2 Å². The standard InChI is InChI=1S/C12H12ClN3O2/c13-10-3-8(2-1-7(10)4-14)16-12(17)9-5-18-6-11(9)15/h1-3,9,11H,5-6,15H2,(H,16,17). The Labute approximate surface area is 109 Å². The second-order valence-electron chi connectivity index (χ2n) is 4.10. The molecule has 2 unspecified atom stereocenters. The first-order valence-corrected chi connectivity index (χ1v) is 5.83. The Morgan fingerprint density at radius 1 is 1.56 bits per heavy atom. The number of benzene rings is 1. The summed E-state index contributed by atoms with van der Waals surface area (Å²) >= 11 is 5.88. The van der Waals surface area contributed by atoms with Gasteiger partial charge in [0.15, 0.2) is 0 Å². The Balaban J connectivity index is 2.08. The molecule has 1 heterocycles. The van der Waals surface area contributed by atoms with E-state index in [0.717, 1.165) is 0 Å². The van der Waals surface area contributed by atoms with Gasteiger partial charge < -0.3 is 15.8 Å². The number of amides is 1. The SMILES string of the molecule is N#Cc1ccc(NC(=O)C2COCC2N)cc1Cl. The Bertz CT molecular complexity index is 513. The third-order valence-electron chi connectivity index (χ3n) is 2.82. The zero-order chi connectivity index (χ0) is 13.1. The van der Waals surface area contributed by atoms with Gasteiger partial charge in [-0.3, -0.25) is 4.79 Å². The first kappa shape index (κ1) is 12.8. The number of nitrogens with one attached hydrogen (secondary N) is 1. The van der Waals surface area contributed by atoms with Crippen LogP contribution in [0, 0.1) is 17.2 Å².